The summed E-state index contributed by atoms with van der Waals surface area (Å²) in [6, 6.07) is 9.98. The SMILES string of the molecule is CC[C@H](C)C[C@@H](C)B(O)O.CC[C@H](C)C[C@@H](C)[B-]12OC(=O)C[N+]1([C@H]1CCC[C@@H]1OCc1ccccc1)C(=O)O2.[Na+].[OH-]. The molecule has 41 heavy (non-hydrogen) atoms. The number of benzene rings is 1. The zero-order chi connectivity index (χ0) is 28.8. The van der Waals surface area contributed by atoms with Gasteiger partial charge in [-0.25, -0.2) is 0 Å². The number of ether oxygens (including phenoxy) is 1. The van der Waals surface area contributed by atoms with Crippen LogP contribution in [-0.4, -0.2) is 64.5 Å². The fourth-order valence-electron chi connectivity index (χ4n) is 6.69. The molecule has 0 bridgehead atoms. The smallest absolute Gasteiger partial charge is 0.870 e. The first-order valence-corrected chi connectivity index (χ1v) is 15.0. The molecule has 3 fully saturated rings. The van der Waals surface area contributed by atoms with Crippen LogP contribution in [-0.2, 0) is 25.4 Å². The summed E-state index contributed by atoms with van der Waals surface area (Å²) in [4.78, 5) is 25.4. The van der Waals surface area contributed by atoms with Gasteiger partial charge in [0.2, 0.25) is 0 Å². The van der Waals surface area contributed by atoms with Gasteiger partial charge in [-0.1, -0.05) is 91.1 Å². The molecule has 8 atom stereocenters. The van der Waals surface area contributed by atoms with Crippen molar-refractivity contribution in [2.45, 2.75) is 117 Å². The second-order valence-corrected chi connectivity index (χ2v) is 12.4. The van der Waals surface area contributed by atoms with Crippen LogP contribution in [0.5, 0.6) is 0 Å². The van der Waals surface area contributed by atoms with Gasteiger partial charge in [0, 0.05) is 0 Å². The third-order valence-corrected chi connectivity index (χ3v) is 9.43. The molecule has 2 unspecified atom stereocenters. The van der Waals surface area contributed by atoms with E-state index in [-0.39, 0.29) is 81.8 Å². The molecule has 2 saturated heterocycles. The monoisotopic (exact) mass is 585 g/mol. The Morgan fingerprint density at radius 2 is 1.61 bits per heavy atom. The van der Waals surface area contributed by atoms with Gasteiger partial charge >= 0.3 is 55.4 Å². The Kier molecular flexibility index (Phi) is 15.6. The molecule has 0 radical (unpaired) electrons. The summed E-state index contributed by atoms with van der Waals surface area (Å²) in [6.07, 6.45) is 6.27. The van der Waals surface area contributed by atoms with Gasteiger partial charge in [0.1, 0.15) is 12.6 Å². The van der Waals surface area contributed by atoms with Crippen LogP contribution in [0, 0.1) is 11.8 Å². The number of rotatable bonds is 12. The number of carbonyl (C=O) groups excluding carboxylic acids is 2. The Morgan fingerprint density at radius 3 is 2.17 bits per heavy atom. The van der Waals surface area contributed by atoms with Gasteiger partial charge in [-0.2, -0.15) is 4.79 Å². The van der Waals surface area contributed by atoms with Gasteiger partial charge in [0.05, 0.1) is 12.6 Å². The number of quaternary nitrogens is 1. The van der Waals surface area contributed by atoms with Crippen molar-refractivity contribution in [3.63, 3.8) is 0 Å². The van der Waals surface area contributed by atoms with E-state index in [1.165, 1.54) is 0 Å². The maximum Gasteiger partial charge on any atom is 1.00 e. The fourth-order valence-corrected chi connectivity index (χ4v) is 6.69. The minimum absolute atomic E-state index is 0. The number of nitrogens with zero attached hydrogens (tertiary/aromatic N) is 1. The van der Waals surface area contributed by atoms with Crippen LogP contribution in [0.1, 0.15) is 92.1 Å². The van der Waals surface area contributed by atoms with Gasteiger partial charge in [-0.3, -0.25) is 4.79 Å². The number of hydrogen-bond acceptors (Lipinski definition) is 8. The Balaban J connectivity index is 0.000000606. The van der Waals surface area contributed by atoms with Crippen LogP contribution in [0.2, 0.25) is 11.6 Å². The largest absolute Gasteiger partial charge is 1.00 e. The van der Waals surface area contributed by atoms with Crippen molar-refractivity contribution in [2.24, 2.45) is 11.8 Å². The van der Waals surface area contributed by atoms with E-state index in [1.807, 2.05) is 37.3 Å². The molecule has 1 saturated carbocycles. The van der Waals surface area contributed by atoms with Crippen LogP contribution in [0.25, 0.3) is 0 Å². The summed E-state index contributed by atoms with van der Waals surface area (Å²) < 4.78 is 17.9. The van der Waals surface area contributed by atoms with Gasteiger partial charge in [-0.15, -0.1) is 0 Å². The van der Waals surface area contributed by atoms with Crippen molar-refractivity contribution in [3.8, 4) is 0 Å². The molecule has 1 aromatic rings. The first-order chi connectivity index (χ1) is 18.5. The van der Waals surface area contributed by atoms with E-state index in [0.29, 0.717) is 18.4 Å². The van der Waals surface area contributed by atoms with E-state index in [2.05, 4.69) is 34.6 Å². The summed E-state index contributed by atoms with van der Waals surface area (Å²) in [5, 5.41) is 17.4. The fraction of sp³-hybridized carbons (Fsp3) is 0.724. The summed E-state index contributed by atoms with van der Waals surface area (Å²) in [5.74, 6) is 0.771. The Bertz CT molecular complexity index is 960. The molecule has 3 N–H and O–H groups in total. The summed E-state index contributed by atoms with van der Waals surface area (Å²) in [7, 11) is -1.14. The Labute approximate surface area is 269 Å². The molecule has 1 aromatic carbocycles. The van der Waals surface area contributed by atoms with Gasteiger partial charge in [0.15, 0.2) is 0 Å². The number of hydrogen-bond donors (Lipinski definition) is 2. The second kappa shape index (κ2) is 16.8. The third-order valence-electron chi connectivity index (χ3n) is 9.43. The van der Waals surface area contributed by atoms with Crippen LogP contribution in [0.3, 0.4) is 0 Å². The normalized spacial score (nSPS) is 29.1. The zero-order valence-corrected chi connectivity index (χ0v) is 28.2. The van der Waals surface area contributed by atoms with E-state index in [4.69, 9.17) is 24.1 Å². The minimum Gasteiger partial charge on any atom is -0.870 e. The van der Waals surface area contributed by atoms with E-state index in [0.717, 1.165) is 50.5 Å². The minimum atomic E-state index is -2.01. The molecule has 3 aliphatic rings. The van der Waals surface area contributed by atoms with Crippen molar-refractivity contribution in [1.82, 2.24) is 0 Å². The van der Waals surface area contributed by atoms with Crippen LogP contribution < -0.4 is 29.6 Å². The van der Waals surface area contributed by atoms with Crippen LogP contribution >= 0.6 is 0 Å². The third kappa shape index (κ3) is 8.38. The van der Waals surface area contributed by atoms with Crippen LogP contribution in [0.4, 0.5) is 4.79 Å². The van der Waals surface area contributed by atoms with Gasteiger partial charge in [0.25, 0.3) is 0 Å². The average molecular weight is 585 g/mol. The van der Waals surface area contributed by atoms with E-state index >= 15 is 0 Å². The van der Waals surface area contributed by atoms with E-state index in [9.17, 15) is 9.59 Å². The maximum absolute atomic E-state index is 12.9. The maximum atomic E-state index is 12.9. The molecule has 4 rings (SSSR count). The number of fused-ring (bicyclic) bond motifs is 1. The first-order valence-electron chi connectivity index (χ1n) is 15.0. The van der Waals surface area contributed by atoms with Gasteiger partial charge < -0.3 is 34.0 Å². The molecule has 0 spiro atoms. The number of carbonyl (C=O) groups is 2. The average Bonchev–Trinajstić information content (AvgIpc) is 3.47. The molecule has 12 heteroatoms. The zero-order valence-electron chi connectivity index (χ0n) is 26.2. The quantitative estimate of drug-likeness (QED) is 0.358. The molecule has 0 aromatic heterocycles. The molecular weight excluding hydrogens is 535 g/mol. The number of amides is 1. The van der Waals surface area contributed by atoms with E-state index in [1.54, 1.807) is 0 Å². The first kappa shape index (κ1) is 38.1. The molecule has 1 amide bonds. The molecule has 226 valence electrons. The standard InChI is InChI=1S/C22H32BNO5.C7H17BO2.Na.H2O/c1-4-16(2)13-17(3)23-24(22(26)29-23,14-21(25)28-23)19-11-8-12-20(19)27-15-18-9-6-5-7-10-18;1-4-6(2)5-7(3)8(9)10;;/h5-7,9-10,16-17,19-20H,4,8,11-15H2,1-3H3;6-7,9-10H,4-5H2,1-3H3;;1H2/q;;+1;/p-1/t16-,17+,19-,20-,23?,24?;6-,7+;;/m00../s1. The summed E-state index contributed by atoms with van der Waals surface area (Å²) >= 11 is 0. The summed E-state index contributed by atoms with van der Waals surface area (Å²) in [6.45, 7) is 11.1. The Hall–Kier alpha value is -0.910. The predicted molar refractivity (Wildman–Crippen MR) is 155 cm³/mol. The second-order valence-electron chi connectivity index (χ2n) is 12.4. The Morgan fingerprint density at radius 1 is 1.00 bits per heavy atom. The van der Waals surface area contributed by atoms with Crippen molar-refractivity contribution >= 4 is 25.9 Å². The predicted octanol–water partition coefficient (Wildman–Crippen LogP) is 2.53. The summed E-state index contributed by atoms with van der Waals surface area (Å²) in [5.41, 5.74) is 1.11. The molecular formula is C29H50B2NNaO8. The van der Waals surface area contributed by atoms with Crippen LogP contribution in [0.15, 0.2) is 30.3 Å². The molecule has 9 nitrogen and oxygen atoms in total. The molecule has 2 aliphatic heterocycles. The molecule has 1 aliphatic carbocycles. The van der Waals surface area contributed by atoms with Crippen molar-refractivity contribution in [3.05, 3.63) is 35.9 Å². The molecule has 2 heterocycles. The van der Waals surface area contributed by atoms with Crippen molar-refractivity contribution in [1.29, 1.82) is 0 Å². The van der Waals surface area contributed by atoms with Crippen molar-refractivity contribution < 1.29 is 73.1 Å². The van der Waals surface area contributed by atoms with Crippen molar-refractivity contribution in [2.75, 3.05) is 6.54 Å². The van der Waals surface area contributed by atoms with E-state index < -0.39 is 13.8 Å². The van der Waals surface area contributed by atoms with Gasteiger partial charge in [-0.05, 0) is 54.7 Å². The topological polar surface area (TPSA) is 132 Å².